The van der Waals surface area contributed by atoms with Crippen molar-refractivity contribution in [2.24, 2.45) is 11.8 Å². The van der Waals surface area contributed by atoms with Crippen LogP contribution in [0.1, 0.15) is 67.8 Å². The number of rotatable bonds is 12. The largest absolute Gasteiger partial charge is 0.408 e. The van der Waals surface area contributed by atoms with Gasteiger partial charge in [-0.1, -0.05) is 83.2 Å². The Morgan fingerprint density at radius 1 is 0.778 bits per heavy atom. The minimum Gasteiger partial charge on any atom is -0.408 e. The number of carbonyl (C=O) groups is 2. The molecule has 334 valence electrons. The Hall–Kier alpha value is -5.40. The number of carbonyl (C=O) groups excluding carboxylic acids is 2. The summed E-state index contributed by atoms with van der Waals surface area (Å²) >= 11 is 0. The first kappa shape index (κ1) is 45.6. The molecule has 4 saturated heterocycles. The van der Waals surface area contributed by atoms with Crippen LogP contribution in [0.25, 0.3) is 0 Å². The van der Waals surface area contributed by atoms with Gasteiger partial charge in [-0.15, -0.1) is 13.2 Å². The summed E-state index contributed by atoms with van der Waals surface area (Å²) in [5.41, 5.74) is -1.88. The Morgan fingerprint density at radius 2 is 1.21 bits per heavy atom. The number of hydrogen-bond acceptors (Lipinski definition) is 12. The molecule has 8 rings (SSSR count). The highest BCUT2D eigenvalue weighted by atomic mass is 28.4. The van der Waals surface area contributed by atoms with E-state index in [9.17, 15) is 24.3 Å². The Kier molecular flexibility index (Phi) is 12.8. The lowest BCUT2D eigenvalue weighted by Crippen LogP contribution is -2.53. The summed E-state index contributed by atoms with van der Waals surface area (Å²) in [5.74, 6) is -0.609. The second-order valence-electron chi connectivity index (χ2n) is 17.9. The van der Waals surface area contributed by atoms with Gasteiger partial charge >= 0.3 is 11.4 Å². The Bertz CT molecular complexity index is 2460. The summed E-state index contributed by atoms with van der Waals surface area (Å²) in [6, 6.07) is 20.5. The molecule has 63 heavy (non-hydrogen) atoms. The second-order valence-corrected chi connectivity index (χ2v) is 22.7. The van der Waals surface area contributed by atoms with E-state index < -0.39 is 61.7 Å². The fourth-order valence-corrected chi connectivity index (χ4v) is 9.34. The third-order valence-electron chi connectivity index (χ3n) is 13.1. The van der Waals surface area contributed by atoms with Crippen LogP contribution in [-0.2, 0) is 23.4 Å². The SMILES string of the molecule is C=C[C@H](C)C12COC([C@H](n3ccc(NC(=O)c4ccccc4)nc3=O)O1)[C@@H]2O.C=C[C@H](C)C12COC([C@H](n3ccc(NC(=O)c4ccccc4)nc3=O)O1)[C@@H]2O[Si](C)(C)C(C)(C)C. The molecule has 16 nitrogen and oxygen atoms in total. The molecule has 0 saturated carbocycles. The number of amides is 2. The summed E-state index contributed by atoms with van der Waals surface area (Å²) < 4.78 is 34.0. The van der Waals surface area contributed by atoms with Crippen LogP contribution in [-0.4, -0.2) is 93.2 Å². The number of fused-ring (bicyclic) bond motifs is 4. The van der Waals surface area contributed by atoms with Crippen molar-refractivity contribution < 1.29 is 38.1 Å². The summed E-state index contributed by atoms with van der Waals surface area (Å²) in [5, 5.41) is 15.9. The molecule has 0 spiro atoms. The number of aliphatic hydroxyl groups excluding tert-OH is 1. The zero-order valence-corrected chi connectivity index (χ0v) is 37.6. The Labute approximate surface area is 367 Å². The third-order valence-corrected chi connectivity index (χ3v) is 17.5. The number of nitrogens with zero attached hydrogens (tertiary/aromatic N) is 4. The molecule has 4 aliphatic heterocycles. The predicted octanol–water partition coefficient (Wildman–Crippen LogP) is 5.72. The van der Waals surface area contributed by atoms with Crippen molar-refractivity contribution in [3.63, 3.8) is 0 Å². The smallest absolute Gasteiger partial charge is 0.351 e. The third kappa shape index (κ3) is 8.53. The van der Waals surface area contributed by atoms with Gasteiger partial charge in [0.25, 0.3) is 11.8 Å². The van der Waals surface area contributed by atoms with E-state index in [2.05, 4.69) is 67.6 Å². The highest BCUT2D eigenvalue weighted by Gasteiger charge is 2.66. The van der Waals surface area contributed by atoms with Crippen molar-refractivity contribution in [3.05, 3.63) is 143 Å². The molecule has 4 unspecified atom stereocenters. The van der Waals surface area contributed by atoms with Crippen LogP contribution >= 0.6 is 0 Å². The molecule has 6 heterocycles. The first-order chi connectivity index (χ1) is 29.9. The summed E-state index contributed by atoms with van der Waals surface area (Å²) in [4.78, 5) is 58.2. The fourth-order valence-electron chi connectivity index (χ4n) is 8.02. The molecule has 4 aliphatic rings. The van der Waals surface area contributed by atoms with E-state index in [0.29, 0.717) is 17.7 Å². The van der Waals surface area contributed by atoms with Crippen molar-refractivity contribution in [2.45, 2.75) is 101 Å². The Morgan fingerprint density at radius 3 is 1.67 bits per heavy atom. The predicted molar refractivity (Wildman–Crippen MR) is 238 cm³/mol. The zero-order chi connectivity index (χ0) is 45.5. The quantitative estimate of drug-likeness (QED) is 0.116. The molecule has 2 aromatic heterocycles. The molecule has 4 aromatic rings. The monoisotopic (exact) mass is 880 g/mol. The highest BCUT2D eigenvalue weighted by molar-refractivity contribution is 6.74. The number of ether oxygens (including phenoxy) is 4. The van der Waals surface area contributed by atoms with Gasteiger partial charge in [0.2, 0.25) is 0 Å². The van der Waals surface area contributed by atoms with Crippen LogP contribution in [0.15, 0.2) is 120 Å². The molecule has 4 bridgehead atoms. The van der Waals surface area contributed by atoms with Crippen LogP contribution in [0, 0.1) is 11.8 Å². The second kappa shape index (κ2) is 17.6. The maximum atomic E-state index is 13.0. The van der Waals surface area contributed by atoms with E-state index in [1.165, 1.54) is 21.4 Å². The van der Waals surface area contributed by atoms with Crippen molar-refractivity contribution in [1.29, 1.82) is 0 Å². The molecule has 2 amide bonds. The van der Waals surface area contributed by atoms with E-state index >= 15 is 0 Å². The number of anilines is 2. The van der Waals surface area contributed by atoms with Gasteiger partial charge in [0, 0.05) is 35.4 Å². The lowest BCUT2D eigenvalue weighted by molar-refractivity contribution is -0.186. The van der Waals surface area contributed by atoms with Crippen LogP contribution in [0.5, 0.6) is 0 Å². The zero-order valence-electron chi connectivity index (χ0n) is 36.6. The molecular formula is C46H56N6O10Si. The van der Waals surface area contributed by atoms with E-state index in [0.717, 1.165) is 0 Å². The van der Waals surface area contributed by atoms with Crippen molar-refractivity contribution in [2.75, 3.05) is 23.8 Å². The average Bonchev–Trinajstić information content (AvgIpc) is 3.97. The van der Waals surface area contributed by atoms with E-state index in [4.69, 9.17) is 23.4 Å². The van der Waals surface area contributed by atoms with Crippen LogP contribution in [0.2, 0.25) is 18.1 Å². The molecule has 17 heteroatoms. The molecule has 2 aromatic carbocycles. The average molecular weight is 881 g/mol. The van der Waals surface area contributed by atoms with Gasteiger partial charge in [-0.2, -0.15) is 9.97 Å². The van der Waals surface area contributed by atoms with E-state index in [-0.39, 0.29) is 53.0 Å². The first-order valence-electron chi connectivity index (χ1n) is 21.0. The van der Waals surface area contributed by atoms with Gasteiger partial charge in [0.1, 0.15) is 47.3 Å². The van der Waals surface area contributed by atoms with Crippen molar-refractivity contribution in [3.8, 4) is 0 Å². The van der Waals surface area contributed by atoms with E-state index in [1.54, 1.807) is 66.9 Å². The molecule has 0 radical (unpaired) electrons. The maximum Gasteiger partial charge on any atom is 0.351 e. The molecule has 10 atom stereocenters. The van der Waals surface area contributed by atoms with Crippen LogP contribution in [0.3, 0.4) is 0 Å². The summed E-state index contributed by atoms with van der Waals surface area (Å²) in [6.45, 7) is 23.2. The van der Waals surface area contributed by atoms with Crippen molar-refractivity contribution >= 4 is 31.8 Å². The number of nitrogens with one attached hydrogen (secondary N) is 2. The first-order valence-corrected chi connectivity index (χ1v) is 23.9. The lowest BCUT2D eigenvalue weighted by atomic mass is 9.86. The molecule has 3 N–H and O–H groups in total. The molecule has 0 aliphatic carbocycles. The van der Waals surface area contributed by atoms with Gasteiger partial charge in [0.05, 0.1) is 13.2 Å². The fraction of sp³-hybridized carbons (Fsp3) is 0.435. The summed E-state index contributed by atoms with van der Waals surface area (Å²) in [6.07, 6.45) is 2.75. The highest BCUT2D eigenvalue weighted by Crippen LogP contribution is 2.53. The molecule has 4 fully saturated rings. The van der Waals surface area contributed by atoms with Gasteiger partial charge in [-0.05, 0) is 54.5 Å². The van der Waals surface area contributed by atoms with Crippen molar-refractivity contribution in [1.82, 2.24) is 19.1 Å². The van der Waals surface area contributed by atoms with Crippen LogP contribution in [0.4, 0.5) is 11.6 Å². The maximum absolute atomic E-state index is 13.0. The number of hydrogen-bond donors (Lipinski definition) is 3. The minimum atomic E-state index is -2.17. The topological polar surface area (TPSA) is 194 Å². The Balaban J connectivity index is 0.000000193. The van der Waals surface area contributed by atoms with E-state index in [1.807, 2.05) is 32.1 Å². The normalized spacial score (nSPS) is 28.1. The van der Waals surface area contributed by atoms with Gasteiger partial charge in [-0.3, -0.25) is 18.7 Å². The number of benzene rings is 2. The van der Waals surface area contributed by atoms with Gasteiger partial charge < -0.3 is 39.1 Å². The standard InChI is InChI=1S/C26H35N3O5Si.C20H21N3O5/c1-8-17(2)26-16-32-20(21(26)34-35(6,7)25(3,4)5)23(33-26)29-15-14-19(28-24(29)31)27-22(30)18-12-10-9-11-13-18;1-3-12(2)20-11-27-15(16(20)24)18(28-20)23-10-9-14(22-19(23)26)21-17(25)13-7-5-4-6-8-13/h8-15,17,20-21,23H,1,16H2,2-7H3,(H,27,28,30,31);3-10,12,15-16,18,24H,1,11H2,2H3,(H,21,22,25,26)/t17-,20?,21-,23+,26?;12-,15?,16-,18+,20?/m00/s1. The minimum absolute atomic E-state index is 0.000134. The lowest BCUT2D eigenvalue weighted by Gasteiger charge is -2.42. The van der Waals surface area contributed by atoms with Crippen LogP contribution < -0.4 is 22.0 Å². The van der Waals surface area contributed by atoms with Gasteiger partial charge in [-0.25, -0.2) is 9.59 Å². The number of aliphatic hydroxyl groups is 1. The molecular weight excluding hydrogens is 825 g/mol. The summed E-state index contributed by atoms with van der Waals surface area (Å²) in [7, 11) is -2.17. The number of aromatic nitrogens is 4. The van der Waals surface area contributed by atoms with Gasteiger partial charge in [0.15, 0.2) is 20.8 Å².